The number of benzene rings is 1. The molecule has 1 amide bonds. The molecule has 0 spiro atoms. The molecule has 8 nitrogen and oxygen atoms in total. The van der Waals surface area contributed by atoms with E-state index in [-0.39, 0.29) is 24.1 Å². The fourth-order valence-electron chi connectivity index (χ4n) is 2.59. The average molecular weight is 338 g/mol. The van der Waals surface area contributed by atoms with Gasteiger partial charge in [-0.05, 0) is 12.8 Å². The quantitative estimate of drug-likeness (QED) is 0.776. The van der Waals surface area contributed by atoms with E-state index in [1.807, 2.05) is 30.3 Å². The van der Waals surface area contributed by atoms with Crippen molar-refractivity contribution in [2.24, 2.45) is 4.99 Å². The fraction of sp³-hybridized carbons (Fsp3) is 0.235. The number of hydrogen-bond donors (Lipinski definition) is 1. The summed E-state index contributed by atoms with van der Waals surface area (Å²) in [7, 11) is 0. The van der Waals surface area contributed by atoms with Crippen LogP contribution in [0.3, 0.4) is 0 Å². The Balaban J connectivity index is 1.41. The molecule has 25 heavy (non-hydrogen) atoms. The number of carbonyl (C=O) groups excluding carboxylic acids is 1. The molecule has 0 unspecified atom stereocenters. The molecule has 1 fully saturated rings. The lowest BCUT2D eigenvalue weighted by Gasteiger charge is -2.23. The van der Waals surface area contributed by atoms with Crippen LogP contribution < -0.4 is 0 Å². The van der Waals surface area contributed by atoms with Gasteiger partial charge in [-0.15, -0.1) is 10.2 Å². The van der Waals surface area contributed by atoms with Crippen LogP contribution in [0.15, 0.2) is 50.3 Å². The monoisotopic (exact) mass is 338 g/mol. The molecule has 1 aromatic carbocycles. The van der Waals surface area contributed by atoms with Gasteiger partial charge in [-0.1, -0.05) is 35.5 Å². The Hall–Kier alpha value is -3.13. The summed E-state index contributed by atoms with van der Waals surface area (Å²) < 4.78 is 10.5. The molecular weight excluding hydrogens is 324 g/mol. The van der Waals surface area contributed by atoms with Crippen LogP contribution >= 0.6 is 0 Å². The van der Waals surface area contributed by atoms with Crippen molar-refractivity contribution in [2.45, 2.75) is 25.4 Å². The Morgan fingerprint density at radius 3 is 2.76 bits per heavy atom. The number of nitrogens with zero attached hydrogens (tertiary/aromatic N) is 4. The normalized spacial score (nSPS) is 16.5. The Morgan fingerprint density at radius 1 is 1.24 bits per heavy atom. The second-order valence-electron chi connectivity index (χ2n) is 5.72. The third-order valence-electron chi connectivity index (χ3n) is 3.98. The number of aliphatic hydroxyl groups excluding tert-OH is 1. The van der Waals surface area contributed by atoms with Crippen LogP contribution in [0, 0.1) is 0 Å². The molecule has 1 aliphatic rings. The lowest BCUT2D eigenvalue weighted by atomic mass is 9.83. The third kappa shape index (κ3) is 3.11. The molecule has 4 rings (SSSR count). The SMILES string of the molecule is O=C(N=C1CC(c2nnc(CO)o2)C1)c1cc(-c2ccccc2)on1. The molecule has 0 radical (unpaired) electrons. The molecule has 0 bridgehead atoms. The molecule has 1 N–H and O–H groups in total. The van der Waals surface area contributed by atoms with Crippen LogP contribution in [0.1, 0.15) is 41.0 Å². The molecule has 0 aliphatic heterocycles. The van der Waals surface area contributed by atoms with Gasteiger partial charge in [0.2, 0.25) is 11.8 Å². The summed E-state index contributed by atoms with van der Waals surface area (Å²) in [6.45, 7) is -0.283. The molecule has 0 atom stereocenters. The van der Waals surface area contributed by atoms with Crippen molar-refractivity contribution >= 4 is 11.6 Å². The lowest BCUT2D eigenvalue weighted by molar-refractivity contribution is 0.0993. The van der Waals surface area contributed by atoms with Gasteiger partial charge in [-0.25, -0.2) is 4.99 Å². The first-order chi connectivity index (χ1) is 12.2. The number of aromatic nitrogens is 3. The minimum Gasteiger partial charge on any atom is -0.422 e. The molecule has 126 valence electrons. The van der Waals surface area contributed by atoms with Crippen LogP contribution in [0.2, 0.25) is 0 Å². The van der Waals surface area contributed by atoms with Crippen molar-refractivity contribution in [1.29, 1.82) is 0 Å². The van der Waals surface area contributed by atoms with Crippen molar-refractivity contribution in [3.05, 3.63) is 53.9 Å². The average Bonchev–Trinajstić information content (AvgIpc) is 3.27. The van der Waals surface area contributed by atoms with Crippen molar-refractivity contribution in [1.82, 2.24) is 15.4 Å². The highest BCUT2D eigenvalue weighted by Gasteiger charge is 2.32. The van der Waals surface area contributed by atoms with E-state index in [1.165, 1.54) is 0 Å². The highest BCUT2D eigenvalue weighted by molar-refractivity contribution is 6.05. The summed E-state index contributed by atoms with van der Waals surface area (Å²) in [5.74, 6) is 0.784. The number of hydrogen-bond acceptors (Lipinski definition) is 7. The van der Waals surface area contributed by atoms with Crippen LogP contribution in [0.5, 0.6) is 0 Å². The summed E-state index contributed by atoms with van der Waals surface area (Å²) in [5.41, 5.74) is 1.78. The van der Waals surface area contributed by atoms with E-state index in [4.69, 9.17) is 14.0 Å². The molecule has 3 aromatic rings. The first kappa shape index (κ1) is 15.4. The standard InChI is InChI=1S/C17H14N4O4/c22-9-15-19-20-17(24-15)11-6-12(7-11)18-16(23)13-8-14(25-21-13)10-4-2-1-3-5-10/h1-5,8,11,22H,6-7,9H2. The van der Waals surface area contributed by atoms with Crippen LogP contribution in [0.25, 0.3) is 11.3 Å². The zero-order valence-electron chi connectivity index (χ0n) is 13.1. The summed E-state index contributed by atoms with van der Waals surface area (Å²) in [4.78, 5) is 16.3. The fourth-order valence-corrected chi connectivity index (χ4v) is 2.59. The van der Waals surface area contributed by atoms with Crippen molar-refractivity contribution in [3.63, 3.8) is 0 Å². The molecule has 8 heteroatoms. The van der Waals surface area contributed by atoms with E-state index in [0.29, 0.717) is 24.5 Å². The van der Waals surface area contributed by atoms with Gasteiger partial charge < -0.3 is 14.0 Å². The van der Waals surface area contributed by atoms with Crippen molar-refractivity contribution in [3.8, 4) is 11.3 Å². The van der Waals surface area contributed by atoms with E-state index < -0.39 is 5.91 Å². The van der Waals surface area contributed by atoms with E-state index in [2.05, 4.69) is 20.3 Å². The maximum atomic E-state index is 12.2. The zero-order chi connectivity index (χ0) is 17.2. The highest BCUT2D eigenvalue weighted by atomic mass is 16.5. The van der Waals surface area contributed by atoms with Gasteiger partial charge in [0, 0.05) is 23.3 Å². The number of carbonyl (C=O) groups is 1. The molecule has 0 saturated heterocycles. The Morgan fingerprint density at radius 2 is 2.04 bits per heavy atom. The van der Waals surface area contributed by atoms with Gasteiger partial charge in [0.1, 0.15) is 6.61 Å². The first-order valence-corrected chi connectivity index (χ1v) is 7.79. The van der Waals surface area contributed by atoms with Crippen molar-refractivity contribution < 1.29 is 18.8 Å². The second kappa shape index (κ2) is 6.40. The van der Waals surface area contributed by atoms with Crippen LogP contribution in [0.4, 0.5) is 0 Å². The summed E-state index contributed by atoms with van der Waals surface area (Å²) in [5, 5.41) is 20.3. The summed E-state index contributed by atoms with van der Waals surface area (Å²) in [6.07, 6.45) is 1.14. The van der Waals surface area contributed by atoms with E-state index in [9.17, 15) is 4.79 Å². The van der Waals surface area contributed by atoms with Gasteiger partial charge in [0.15, 0.2) is 11.5 Å². The zero-order valence-corrected chi connectivity index (χ0v) is 13.1. The molecule has 2 heterocycles. The van der Waals surface area contributed by atoms with Gasteiger partial charge in [0.25, 0.3) is 5.91 Å². The number of aliphatic hydroxyl groups is 1. The van der Waals surface area contributed by atoms with E-state index >= 15 is 0 Å². The number of aliphatic imine (C=N–C) groups is 1. The first-order valence-electron chi connectivity index (χ1n) is 7.79. The Kier molecular flexibility index (Phi) is 3.95. The Labute approximate surface area is 142 Å². The topological polar surface area (TPSA) is 115 Å². The molecule has 1 saturated carbocycles. The van der Waals surface area contributed by atoms with Gasteiger partial charge in [-0.3, -0.25) is 4.79 Å². The third-order valence-corrected chi connectivity index (χ3v) is 3.98. The van der Waals surface area contributed by atoms with E-state index in [0.717, 1.165) is 11.3 Å². The Bertz CT molecular complexity index is 921. The number of amides is 1. The predicted octanol–water partition coefficient (Wildman–Crippen LogP) is 2.38. The minimum absolute atomic E-state index is 0.0385. The second-order valence-corrected chi connectivity index (χ2v) is 5.72. The summed E-state index contributed by atoms with van der Waals surface area (Å²) >= 11 is 0. The largest absolute Gasteiger partial charge is 0.422 e. The highest BCUT2D eigenvalue weighted by Crippen LogP contribution is 2.34. The number of rotatable bonds is 4. The molecule has 2 aromatic heterocycles. The van der Waals surface area contributed by atoms with E-state index in [1.54, 1.807) is 6.07 Å². The maximum absolute atomic E-state index is 12.2. The van der Waals surface area contributed by atoms with Crippen LogP contribution in [-0.2, 0) is 6.61 Å². The molecular formula is C17H14N4O4. The van der Waals surface area contributed by atoms with Gasteiger partial charge in [-0.2, -0.15) is 0 Å². The predicted molar refractivity (Wildman–Crippen MR) is 85.9 cm³/mol. The summed E-state index contributed by atoms with van der Waals surface area (Å²) in [6, 6.07) is 11.0. The van der Waals surface area contributed by atoms with Gasteiger partial charge >= 0.3 is 0 Å². The maximum Gasteiger partial charge on any atom is 0.299 e. The smallest absolute Gasteiger partial charge is 0.299 e. The van der Waals surface area contributed by atoms with Crippen LogP contribution in [-0.4, -0.2) is 32.1 Å². The minimum atomic E-state index is -0.430. The lowest BCUT2D eigenvalue weighted by Crippen LogP contribution is -2.23. The van der Waals surface area contributed by atoms with Crippen molar-refractivity contribution in [2.75, 3.05) is 0 Å². The molecule has 1 aliphatic carbocycles. The van der Waals surface area contributed by atoms with Gasteiger partial charge in [0.05, 0.1) is 0 Å².